The summed E-state index contributed by atoms with van der Waals surface area (Å²) in [6, 6.07) is -0.925. The van der Waals surface area contributed by atoms with Gasteiger partial charge in [-0.2, -0.15) is 0 Å². The zero-order valence-corrected chi connectivity index (χ0v) is 10.9. The highest BCUT2D eigenvalue weighted by molar-refractivity contribution is 7.19. The van der Waals surface area contributed by atoms with Crippen molar-refractivity contribution in [3.63, 3.8) is 0 Å². The Hall–Kier alpha value is -1.96. The lowest BCUT2D eigenvalue weighted by Gasteiger charge is -2.08. The molecule has 0 saturated carbocycles. The summed E-state index contributed by atoms with van der Waals surface area (Å²) in [6.07, 6.45) is 0. The minimum atomic E-state index is -1.07. The van der Waals surface area contributed by atoms with E-state index in [0.29, 0.717) is 21.4 Å². The van der Waals surface area contributed by atoms with Gasteiger partial charge in [0.25, 0.3) is 5.91 Å². The van der Waals surface area contributed by atoms with Crippen molar-refractivity contribution in [3.05, 3.63) is 16.4 Å². The average molecular weight is 268 g/mol. The molecule has 1 atom stereocenters. The number of carbonyl (C=O) groups excluding carboxylic acids is 1. The van der Waals surface area contributed by atoms with E-state index in [1.807, 2.05) is 0 Å². The second-order valence-corrected chi connectivity index (χ2v) is 4.89. The molecule has 0 saturated heterocycles. The average Bonchev–Trinajstić information content (AvgIpc) is 2.81. The zero-order valence-electron chi connectivity index (χ0n) is 10.1. The zero-order chi connectivity index (χ0) is 13.4. The molecule has 18 heavy (non-hydrogen) atoms. The Kier molecular flexibility index (Phi) is 3.04. The molecule has 2 aromatic heterocycles. The lowest BCUT2D eigenvalue weighted by Crippen LogP contribution is -2.38. The standard InChI is InChI=1S/C10H12N4O3S/c1-4(9(16)17)11-8(15)7-5(2)14-6(3)12-13-10(14)18-7/h4H,1-3H3,(H,11,15)(H,16,17). The van der Waals surface area contributed by atoms with Crippen molar-refractivity contribution in [1.29, 1.82) is 0 Å². The minimum absolute atomic E-state index is 0.405. The van der Waals surface area contributed by atoms with Crippen LogP contribution in [0, 0.1) is 13.8 Å². The van der Waals surface area contributed by atoms with Crippen LogP contribution in [0.5, 0.6) is 0 Å². The SMILES string of the molecule is Cc1nnc2sc(C(=O)NC(C)C(=O)O)c(C)n12. The van der Waals surface area contributed by atoms with Gasteiger partial charge in [0.15, 0.2) is 0 Å². The van der Waals surface area contributed by atoms with Gasteiger partial charge >= 0.3 is 5.97 Å². The second kappa shape index (κ2) is 4.37. The number of carboxylic acid groups (broad SMARTS) is 1. The quantitative estimate of drug-likeness (QED) is 0.850. The summed E-state index contributed by atoms with van der Waals surface area (Å²) in [5.41, 5.74) is 0.715. The number of aromatic nitrogens is 3. The lowest BCUT2D eigenvalue weighted by atomic mass is 10.3. The van der Waals surface area contributed by atoms with E-state index in [2.05, 4.69) is 15.5 Å². The molecule has 2 N–H and O–H groups in total. The molecule has 0 aliphatic heterocycles. The molecule has 0 fully saturated rings. The van der Waals surface area contributed by atoms with E-state index in [0.717, 1.165) is 0 Å². The number of carbonyl (C=O) groups is 2. The molecular weight excluding hydrogens is 256 g/mol. The van der Waals surface area contributed by atoms with Crippen LogP contribution in [-0.2, 0) is 4.79 Å². The van der Waals surface area contributed by atoms with Gasteiger partial charge in [0.2, 0.25) is 4.96 Å². The van der Waals surface area contributed by atoms with Crippen molar-refractivity contribution < 1.29 is 14.7 Å². The summed E-state index contributed by atoms with van der Waals surface area (Å²) >= 11 is 1.19. The van der Waals surface area contributed by atoms with Crippen LogP contribution in [0.2, 0.25) is 0 Å². The fourth-order valence-electron chi connectivity index (χ4n) is 1.60. The van der Waals surface area contributed by atoms with E-state index in [-0.39, 0.29) is 0 Å². The summed E-state index contributed by atoms with van der Waals surface area (Å²) in [5, 5.41) is 19.0. The maximum Gasteiger partial charge on any atom is 0.325 e. The Labute approximate surface area is 106 Å². The number of amides is 1. The van der Waals surface area contributed by atoms with Crippen LogP contribution in [-0.4, -0.2) is 37.6 Å². The van der Waals surface area contributed by atoms with Crippen LogP contribution in [0.3, 0.4) is 0 Å². The van der Waals surface area contributed by atoms with E-state index >= 15 is 0 Å². The first-order valence-corrected chi connectivity index (χ1v) is 6.08. The van der Waals surface area contributed by atoms with E-state index in [1.54, 1.807) is 18.2 Å². The molecule has 0 bridgehead atoms. The third-order valence-electron chi connectivity index (χ3n) is 2.58. The highest BCUT2D eigenvalue weighted by Crippen LogP contribution is 2.22. The van der Waals surface area contributed by atoms with Gasteiger partial charge in [-0.25, -0.2) is 0 Å². The maximum absolute atomic E-state index is 11.9. The number of hydrogen-bond donors (Lipinski definition) is 2. The molecule has 0 aliphatic rings. The van der Waals surface area contributed by atoms with Crippen LogP contribution < -0.4 is 5.32 Å². The van der Waals surface area contributed by atoms with E-state index in [1.165, 1.54) is 18.3 Å². The molecule has 7 nitrogen and oxygen atoms in total. The molecule has 0 spiro atoms. The highest BCUT2D eigenvalue weighted by atomic mass is 32.1. The Morgan fingerprint density at radius 2 is 2.06 bits per heavy atom. The van der Waals surface area contributed by atoms with Gasteiger partial charge in [-0.15, -0.1) is 10.2 Å². The number of fused-ring (bicyclic) bond motifs is 1. The summed E-state index contributed by atoms with van der Waals surface area (Å²) < 4.78 is 1.77. The van der Waals surface area contributed by atoms with Crippen molar-refractivity contribution >= 4 is 28.2 Å². The van der Waals surface area contributed by atoms with Crippen LogP contribution in [0.15, 0.2) is 0 Å². The van der Waals surface area contributed by atoms with Gasteiger partial charge in [0.1, 0.15) is 16.7 Å². The fourth-order valence-corrected chi connectivity index (χ4v) is 2.61. The molecular formula is C10H12N4O3S. The van der Waals surface area contributed by atoms with Crippen molar-refractivity contribution in [2.24, 2.45) is 0 Å². The number of nitrogens with one attached hydrogen (secondary N) is 1. The third kappa shape index (κ3) is 1.94. The number of aliphatic carboxylic acids is 1. The molecule has 2 heterocycles. The molecule has 2 rings (SSSR count). The Morgan fingerprint density at radius 1 is 1.39 bits per heavy atom. The van der Waals surface area contributed by atoms with E-state index in [9.17, 15) is 9.59 Å². The minimum Gasteiger partial charge on any atom is -0.480 e. The number of aryl methyl sites for hydroxylation is 2. The maximum atomic E-state index is 11.9. The predicted molar refractivity (Wildman–Crippen MR) is 64.9 cm³/mol. The molecule has 0 radical (unpaired) electrons. The van der Waals surface area contributed by atoms with Gasteiger partial charge in [0.05, 0.1) is 0 Å². The number of rotatable bonds is 3. The third-order valence-corrected chi connectivity index (χ3v) is 3.71. The number of thiazole rings is 1. The first-order valence-electron chi connectivity index (χ1n) is 5.26. The van der Waals surface area contributed by atoms with Gasteiger partial charge in [-0.1, -0.05) is 11.3 Å². The second-order valence-electron chi connectivity index (χ2n) is 3.92. The summed E-state index contributed by atoms with van der Waals surface area (Å²) in [6.45, 7) is 4.99. The first kappa shape index (κ1) is 12.5. The fraction of sp³-hybridized carbons (Fsp3) is 0.400. The van der Waals surface area contributed by atoms with Crippen molar-refractivity contribution in [1.82, 2.24) is 19.9 Å². The van der Waals surface area contributed by atoms with Gasteiger partial charge in [-0.3, -0.25) is 14.0 Å². The first-order chi connectivity index (χ1) is 8.41. The largest absolute Gasteiger partial charge is 0.480 e. The lowest BCUT2D eigenvalue weighted by molar-refractivity contribution is -0.138. The van der Waals surface area contributed by atoms with E-state index < -0.39 is 17.9 Å². The Bertz CT molecular complexity index is 630. The molecule has 96 valence electrons. The molecule has 1 amide bonds. The summed E-state index contributed by atoms with van der Waals surface area (Å²) in [7, 11) is 0. The van der Waals surface area contributed by atoms with Crippen LogP contribution in [0.1, 0.15) is 28.1 Å². The molecule has 0 aromatic carbocycles. The molecule has 2 aromatic rings. The topological polar surface area (TPSA) is 96.6 Å². The van der Waals surface area contributed by atoms with Gasteiger partial charge < -0.3 is 10.4 Å². The highest BCUT2D eigenvalue weighted by Gasteiger charge is 2.21. The summed E-state index contributed by atoms with van der Waals surface area (Å²) in [4.78, 5) is 23.7. The smallest absolute Gasteiger partial charge is 0.325 e. The summed E-state index contributed by atoms with van der Waals surface area (Å²) in [5.74, 6) is -0.776. The van der Waals surface area contributed by atoms with Crippen molar-refractivity contribution in [2.75, 3.05) is 0 Å². The predicted octanol–water partition coefficient (Wildman–Crippen LogP) is 0.611. The van der Waals surface area contributed by atoms with Crippen LogP contribution in [0.4, 0.5) is 0 Å². The van der Waals surface area contributed by atoms with Crippen molar-refractivity contribution in [2.45, 2.75) is 26.8 Å². The number of carboxylic acids is 1. The van der Waals surface area contributed by atoms with Crippen LogP contribution in [0.25, 0.3) is 4.96 Å². The normalized spacial score (nSPS) is 12.6. The molecule has 8 heteroatoms. The monoisotopic (exact) mass is 268 g/mol. The molecule has 1 unspecified atom stereocenters. The van der Waals surface area contributed by atoms with E-state index in [4.69, 9.17) is 5.11 Å². The Balaban J connectivity index is 2.34. The van der Waals surface area contributed by atoms with Crippen molar-refractivity contribution in [3.8, 4) is 0 Å². The van der Waals surface area contributed by atoms with Crippen LogP contribution >= 0.6 is 11.3 Å². The van der Waals surface area contributed by atoms with Gasteiger partial charge in [0, 0.05) is 5.69 Å². The Morgan fingerprint density at radius 3 is 2.61 bits per heavy atom. The molecule has 0 aliphatic carbocycles. The van der Waals surface area contributed by atoms with Gasteiger partial charge in [-0.05, 0) is 20.8 Å². The number of nitrogens with zero attached hydrogens (tertiary/aromatic N) is 3. The number of hydrogen-bond acceptors (Lipinski definition) is 5.